The first-order chi connectivity index (χ1) is 10.2. The molecule has 138 valence electrons. The minimum absolute atomic E-state index is 0.203. The molecular formula is C20H41NO2. The van der Waals surface area contributed by atoms with E-state index in [0.29, 0.717) is 28.6 Å². The molecule has 0 aliphatic rings. The van der Waals surface area contributed by atoms with Gasteiger partial charge in [-0.15, -0.1) is 5.16 Å². The van der Waals surface area contributed by atoms with Crippen molar-refractivity contribution in [1.82, 2.24) is 0 Å². The first-order valence-electron chi connectivity index (χ1n) is 8.86. The topological polar surface area (TPSA) is 49.7 Å². The summed E-state index contributed by atoms with van der Waals surface area (Å²) in [5, 5.41) is 11.4. The molecule has 0 saturated carbocycles. The number of hydrogen-bond donors (Lipinski definition) is 1. The van der Waals surface area contributed by atoms with Crippen LogP contribution in [-0.2, 0) is 4.79 Å². The molecular weight excluding hydrogens is 286 g/mol. The number of nitrogens with zero attached hydrogens (tertiary/aromatic N) is 1. The van der Waals surface area contributed by atoms with Crippen LogP contribution in [-0.4, -0.2) is 17.7 Å². The second kappa shape index (κ2) is 10.8. The molecule has 0 aliphatic carbocycles. The molecule has 0 aromatic rings. The van der Waals surface area contributed by atoms with E-state index >= 15 is 0 Å². The molecule has 3 nitrogen and oxygen atoms in total. The van der Waals surface area contributed by atoms with Crippen molar-refractivity contribution in [2.45, 2.75) is 82.1 Å². The molecule has 0 heterocycles. The zero-order chi connectivity index (χ0) is 18.8. The molecule has 0 aliphatic heterocycles. The number of oxime groups is 1. The number of rotatable bonds is 6. The third-order valence-electron chi connectivity index (χ3n) is 4.18. The molecule has 0 fully saturated rings. The van der Waals surface area contributed by atoms with Gasteiger partial charge in [0.2, 0.25) is 0 Å². The summed E-state index contributed by atoms with van der Waals surface area (Å²) in [5.41, 5.74) is 0.702. The first-order valence-corrected chi connectivity index (χ1v) is 8.86. The standard InChI is InChI=1S/C10H21NO.C10H20O/c1-8(6-10(3,4)5)9(2)7-11-12;1-8(9(2)7-11)6-10(3,4)5/h7-9,12H,6H2,1-5H3;7-9H,6H2,1-5H3. The lowest BCUT2D eigenvalue weighted by molar-refractivity contribution is -0.112. The summed E-state index contributed by atoms with van der Waals surface area (Å²) in [7, 11) is 0. The van der Waals surface area contributed by atoms with E-state index in [4.69, 9.17) is 5.21 Å². The van der Waals surface area contributed by atoms with Crippen molar-refractivity contribution >= 4 is 12.5 Å². The third-order valence-corrected chi connectivity index (χ3v) is 4.18. The van der Waals surface area contributed by atoms with Crippen molar-refractivity contribution < 1.29 is 10.0 Å². The van der Waals surface area contributed by atoms with Crippen molar-refractivity contribution in [3.05, 3.63) is 0 Å². The van der Waals surface area contributed by atoms with E-state index in [2.05, 4.69) is 67.5 Å². The van der Waals surface area contributed by atoms with E-state index in [-0.39, 0.29) is 5.92 Å². The lowest BCUT2D eigenvalue weighted by atomic mass is 9.80. The number of carbonyl (C=O) groups excluding carboxylic acids is 1. The molecule has 0 bridgehead atoms. The van der Waals surface area contributed by atoms with Crippen LogP contribution in [0.3, 0.4) is 0 Å². The van der Waals surface area contributed by atoms with Gasteiger partial charge in [0.15, 0.2) is 0 Å². The quantitative estimate of drug-likeness (QED) is 0.279. The predicted molar refractivity (Wildman–Crippen MR) is 101 cm³/mol. The molecule has 4 atom stereocenters. The number of carbonyl (C=O) groups is 1. The first kappa shape index (κ1) is 24.4. The number of hydrogen-bond acceptors (Lipinski definition) is 3. The summed E-state index contributed by atoms with van der Waals surface area (Å²) in [6.45, 7) is 21.7. The molecule has 23 heavy (non-hydrogen) atoms. The van der Waals surface area contributed by atoms with Gasteiger partial charge in [-0.3, -0.25) is 0 Å². The van der Waals surface area contributed by atoms with Crippen molar-refractivity contribution in [2.24, 2.45) is 39.7 Å². The Morgan fingerprint density at radius 3 is 1.43 bits per heavy atom. The maximum atomic E-state index is 10.4. The largest absolute Gasteiger partial charge is 0.411 e. The average Bonchev–Trinajstić information content (AvgIpc) is 2.34. The fourth-order valence-corrected chi connectivity index (χ4v) is 2.69. The molecule has 3 heteroatoms. The van der Waals surface area contributed by atoms with Crippen LogP contribution in [0.1, 0.15) is 82.1 Å². The van der Waals surface area contributed by atoms with E-state index in [1.54, 1.807) is 6.21 Å². The smallest absolute Gasteiger partial charge is 0.123 e. The van der Waals surface area contributed by atoms with Gasteiger partial charge in [0.25, 0.3) is 0 Å². The molecule has 0 saturated heterocycles. The fourth-order valence-electron chi connectivity index (χ4n) is 2.69. The van der Waals surface area contributed by atoms with Gasteiger partial charge in [-0.2, -0.15) is 0 Å². The zero-order valence-corrected chi connectivity index (χ0v) is 17.2. The Bertz CT molecular complexity index is 337. The summed E-state index contributed by atoms with van der Waals surface area (Å²) < 4.78 is 0. The highest BCUT2D eigenvalue weighted by Crippen LogP contribution is 2.28. The predicted octanol–water partition coefficient (Wildman–Crippen LogP) is 6.05. The third kappa shape index (κ3) is 15.8. The Balaban J connectivity index is 0. The van der Waals surface area contributed by atoms with Gasteiger partial charge >= 0.3 is 0 Å². The lowest BCUT2D eigenvalue weighted by Crippen LogP contribution is -2.17. The second-order valence-corrected chi connectivity index (χ2v) is 9.60. The fraction of sp³-hybridized carbons (Fsp3) is 0.900. The van der Waals surface area contributed by atoms with Crippen molar-refractivity contribution in [1.29, 1.82) is 0 Å². The molecule has 0 aromatic heterocycles. The molecule has 0 aromatic carbocycles. The Labute approximate surface area is 144 Å². The van der Waals surface area contributed by atoms with Crippen LogP contribution in [0.15, 0.2) is 5.16 Å². The summed E-state index contributed by atoms with van der Waals surface area (Å²) in [4.78, 5) is 10.4. The van der Waals surface area contributed by atoms with Crippen molar-refractivity contribution in [2.75, 3.05) is 0 Å². The van der Waals surface area contributed by atoms with Gasteiger partial charge in [-0.25, -0.2) is 0 Å². The Hall–Kier alpha value is -0.860. The van der Waals surface area contributed by atoms with Crippen LogP contribution in [0.25, 0.3) is 0 Å². The highest BCUT2D eigenvalue weighted by atomic mass is 16.4. The van der Waals surface area contributed by atoms with Gasteiger partial charge in [0.05, 0.1) is 0 Å². The highest BCUT2D eigenvalue weighted by molar-refractivity contribution is 5.59. The van der Waals surface area contributed by atoms with Gasteiger partial charge in [0, 0.05) is 12.1 Å². The summed E-state index contributed by atoms with van der Waals surface area (Å²) >= 11 is 0. The van der Waals surface area contributed by atoms with Gasteiger partial charge in [-0.05, 0) is 41.4 Å². The normalized spacial score (nSPS) is 17.8. The Morgan fingerprint density at radius 2 is 1.17 bits per heavy atom. The van der Waals surface area contributed by atoms with Crippen LogP contribution < -0.4 is 0 Å². The molecule has 0 rings (SSSR count). The molecule has 0 radical (unpaired) electrons. The van der Waals surface area contributed by atoms with Crippen molar-refractivity contribution in [3.63, 3.8) is 0 Å². The van der Waals surface area contributed by atoms with Crippen LogP contribution in [0.2, 0.25) is 0 Å². The summed E-state index contributed by atoms with van der Waals surface area (Å²) in [5.74, 6) is 1.64. The molecule has 0 amide bonds. The summed E-state index contributed by atoms with van der Waals surface area (Å²) in [6, 6.07) is 0. The van der Waals surface area contributed by atoms with E-state index in [1.807, 2.05) is 6.92 Å². The maximum Gasteiger partial charge on any atom is 0.123 e. The van der Waals surface area contributed by atoms with Crippen LogP contribution in [0.4, 0.5) is 0 Å². The highest BCUT2D eigenvalue weighted by Gasteiger charge is 2.19. The maximum absolute atomic E-state index is 10.4. The SMILES string of the molecule is CC(C=NO)C(C)CC(C)(C)C.CC(C=O)C(C)CC(C)(C)C. The monoisotopic (exact) mass is 327 g/mol. The van der Waals surface area contributed by atoms with Crippen LogP contribution in [0, 0.1) is 34.5 Å². The van der Waals surface area contributed by atoms with Gasteiger partial charge in [-0.1, -0.05) is 69.2 Å². The lowest BCUT2D eigenvalue weighted by Gasteiger charge is -2.25. The minimum atomic E-state index is 0.203. The number of aldehydes is 1. The minimum Gasteiger partial charge on any atom is -0.411 e. The molecule has 0 spiro atoms. The zero-order valence-electron chi connectivity index (χ0n) is 17.2. The van der Waals surface area contributed by atoms with E-state index in [1.165, 1.54) is 0 Å². The van der Waals surface area contributed by atoms with E-state index in [0.717, 1.165) is 19.1 Å². The Morgan fingerprint density at radius 1 is 0.826 bits per heavy atom. The average molecular weight is 328 g/mol. The Kier molecular flexibility index (Phi) is 11.5. The second-order valence-electron chi connectivity index (χ2n) is 9.60. The van der Waals surface area contributed by atoms with Gasteiger partial charge in [0.1, 0.15) is 6.29 Å². The van der Waals surface area contributed by atoms with Crippen LogP contribution in [0.5, 0.6) is 0 Å². The molecule has 1 N–H and O–H groups in total. The van der Waals surface area contributed by atoms with Crippen molar-refractivity contribution in [3.8, 4) is 0 Å². The van der Waals surface area contributed by atoms with Crippen LogP contribution >= 0.6 is 0 Å². The van der Waals surface area contributed by atoms with E-state index in [9.17, 15) is 4.79 Å². The summed E-state index contributed by atoms with van der Waals surface area (Å²) in [6.07, 6.45) is 4.93. The molecule has 4 unspecified atom stereocenters. The van der Waals surface area contributed by atoms with Gasteiger partial charge < -0.3 is 10.0 Å². The van der Waals surface area contributed by atoms with E-state index < -0.39 is 0 Å².